The number of carboxylic acid groups (broad SMARTS) is 2. The van der Waals surface area contributed by atoms with Gasteiger partial charge in [0.2, 0.25) is 29.5 Å². The second kappa shape index (κ2) is 20.4. The molecular formula is C40H48N6O11. The fourth-order valence-corrected chi connectivity index (χ4v) is 6.35. The maximum absolute atomic E-state index is 14.3. The standard InChI is InChI=1S/C40H48N6O11/c1-23(41)35(51)43-30(21-25-9-13-27(47)14-10-25)36(52)44-31(20-24-6-3-2-4-7-24)37(53)45-32(22-26-11-15-28(48)16-12-26)39(55)46-19-5-8-33(46)38(54)42-29(40(56)57)17-18-34(49)50/h2-4,6-7,9-16,23,29-33,47-48H,5,8,17-22,41H2,1H3,(H,42,54)(H,43,51)(H,44,52)(H,45,53)(H,49,50)(H,56,57). The number of carboxylic acids is 2. The van der Waals surface area contributed by atoms with Crippen LogP contribution in [0.3, 0.4) is 0 Å². The molecule has 0 aromatic heterocycles. The molecular weight excluding hydrogens is 740 g/mol. The summed E-state index contributed by atoms with van der Waals surface area (Å²) >= 11 is 0. The third-order valence-electron chi connectivity index (χ3n) is 9.43. The van der Waals surface area contributed by atoms with E-state index in [-0.39, 0.29) is 50.1 Å². The first-order chi connectivity index (χ1) is 27.1. The lowest BCUT2D eigenvalue weighted by molar-refractivity contribution is -0.145. The highest BCUT2D eigenvalue weighted by Gasteiger charge is 2.40. The zero-order valence-electron chi connectivity index (χ0n) is 31.3. The van der Waals surface area contributed by atoms with Crippen LogP contribution in [0.1, 0.15) is 49.3 Å². The number of amides is 5. The van der Waals surface area contributed by atoms with Gasteiger partial charge in [0, 0.05) is 32.2 Å². The lowest BCUT2D eigenvalue weighted by Crippen LogP contribution is -2.60. The molecule has 1 saturated heterocycles. The molecule has 3 aromatic rings. The monoisotopic (exact) mass is 788 g/mol. The molecule has 17 nitrogen and oxygen atoms in total. The van der Waals surface area contributed by atoms with Gasteiger partial charge in [-0.2, -0.15) is 0 Å². The largest absolute Gasteiger partial charge is 0.508 e. The smallest absolute Gasteiger partial charge is 0.326 e. The zero-order chi connectivity index (χ0) is 41.6. The van der Waals surface area contributed by atoms with E-state index in [1.807, 2.05) is 0 Å². The van der Waals surface area contributed by atoms with E-state index in [9.17, 15) is 48.9 Å². The lowest BCUT2D eigenvalue weighted by atomic mass is 10.0. The highest BCUT2D eigenvalue weighted by Crippen LogP contribution is 2.21. The van der Waals surface area contributed by atoms with E-state index in [4.69, 9.17) is 10.8 Å². The van der Waals surface area contributed by atoms with Gasteiger partial charge in [-0.1, -0.05) is 54.6 Å². The first-order valence-corrected chi connectivity index (χ1v) is 18.4. The number of rotatable bonds is 19. The summed E-state index contributed by atoms with van der Waals surface area (Å²) in [5.41, 5.74) is 7.55. The van der Waals surface area contributed by atoms with E-state index in [1.165, 1.54) is 36.1 Å². The number of nitrogens with zero attached hydrogens (tertiary/aromatic N) is 1. The summed E-state index contributed by atoms with van der Waals surface area (Å²) in [5.74, 6) is -6.33. The number of nitrogens with two attached hydrogens (primary N) is 1. The molecule has 1 heterocycles. The number of benzene rings is 3. The summed E-state index contributed by atoms with van der Waals surface area (Å²) in [4.78, 5) is 92.8. The maximum Gasteiger partial charge on any atom is 0.326 e. The molecule has 0 saturated carbocycles. The number of aromatic hydroxyl groups is 2. The molecule has 0 radical (unpaired) electrons. The number of aliphatic carboxylic acids is 2. The number of carbonyl (C=O) groups excluding carboxylic acids is 5. The van der Waals surface area contributed by atoms with Gasteiger partial charge < -0.3 is 52.3 Å². The number of phenols is 2. The Hall–Kier alpha value is -6.49. The quantitative estimate of drug-likeness (QED) is 0.0796. The Bertz CT molecular complexity index is 1890. The second-order valence-electron chi connectivity index (χ2n) is 13.9. The number of likely N-dealkylation sites (tertiary alicyclic amines) is 1. The van der Waals surface area contributed by atoms with Crippen molar-refractivity contribution >= 4 is 41.5 Å². The minimum absolute atomic E-state index is 0.00329. The van der Waals surface area contributed by atoms with Gasteiger partial charge >= 0.3 is 11.9 Å². The van der Waals surface area contributed by atoms with Gasteiger partial charge in [-0.15, -0.1) is 0 Å². The van der Waals surface area contributed by atoms with Crippen molar-refractivity contribution in [3.63, 3.8) is 0 Å². The predicted octanol–water partition coefficient (Wildman–Crippen LogP) is 0.353. The Morgan fingerprint density at radius 2 is 1.14 bits per heavy atom. The Balaban J connectivity index is 1.63. The lowest BCUT2D eigenvalue weighted by Gasteiger charge is -2.31. The fourth-order valence-electron chi connectivity index (χ4n) is 6.35. The molecule has 17 heteroatoms. The molecule has 4 rings (SSSR count). The molecule has 6 unspecified atom stereocenters. The highest BCUT2D eigenvalue weighted by atomic mass is 16.4. The minimum atomic E-state index is -1.52. The van der Waals surface area contributed by atoms with Crippen LogP contribution in [0.15, 0.2) is 78.9 Å². The molecule has 0 aliphatic carbocycles. The number of hydrogen-bond acceptors (Lipinski definition) is 10. The van der Waals surface area contributed by atoms with E-state index < -0.39 is 84.1 Å². The van der Waals surface area contributed by atoms with Crippen LogP contribution in [-0.2, 0) is 52.8 Å². The van der Waals surface area contributed by atoms with Crippen LogP contribution in [0.25, 0.3) is 0 Å². The van der Waals surface area contributed by atoms with Crippen LogP contribution in [0.5, 0.6) is 11.5 Å². The van der Waals surface area contributed by atoms with Crippen LogP contribution in [0.2, 0.25) is 0 Å². The van der Waals surface area contributed by atoms with Crippen molar-refractivity contribution in [3.8, 4) is 11.5 Å². The van der Waals surface area contributed by atoms with Gasteiger partial charge in [0.25, 0.3) is 0 Å². The minimum Gasteiger partial charge on any atom is -0.508 e. The van der Waals surface area contributed by atoms with Crippen molar-refractivity contribution in [3.05, 3.63) is 95.6 Å². The Morgan fingerprint density at radius 3 is 1.63 bits per heavy atom. The van der Waals surface area contributed by atoms with Crippen LogP contribution in [0, 0.1) is 0 Å². The average Bonchev–Trinajstić information content (AvgIpc) is 3.67. The molecule has 10 N–H and O–H groups in total. The third-order valence-corrected chi connectivity index (χ3v) is 9.43. The van der Waals surface area contributed by atoms with Crippen LogP contribution < -0.4 is 27.0 Å². The SMILES string of the molecule is CC(N)C(=O)NC(Cc1ccc(O)cc1)C(=O)NC(Cc1ccccc1)C(=O)NC(Cc1ccc(O)cc1)C(=O)N1CCCC1C(=O)NC(CCC(=O)O)C(=O)O. The van der Waals surface area contributed by atoms with E-state index >= 15 is 0 Å². The molecule has 3 aromatic carbocycles. The highest BCUT2D eigenvalue weighted by molar-refractivity contribution is 5.97. The molecule has 1 fully saturated rings. The Labute approximate surface area is 328 Å². The van der Waals surface area contributed by atoms with Crippen LogP contribution in [-0.4, -0.2) is 110 Å². The molecule has 1 aliphatic rings. The fraction of sp³-hybridized carbons (Fsp3) is 0.375. The van der Waals surface area contributed by atoms with Gasteiger partial charge in [-0.05, 0) is 67.1 Å². The van der Waals surface area contributed by atoms with Crippen LogP contribution >= 0.6 is 0 Å². The normalized spacial score (nSPS) is 16.2. The summed E-state index contributed by atoms with van der Waals surface area (Å²) in [6, 6.07) is 13.2. The number of carbonyl (C=O) groups is 7. The van der Waals surface area contributed by atoms with Gasteiger partial charge in [-0.3, -0.25) is 28.8 Å². The molecule has 5 amide bonds. The summed E-state index contributed by atoms with van der Waals surface area (Å²) in [5, 5.41) is 48.7. The van der Waals surface area contributed by atoms with Gasteiger partial charge in [0.15, 0.2) is 0 Å². The summed E-state index contributed by atoms with van der Waals surface area (Å²) in [7, 11) is 0. The summed E-state index contributed by atoms with van der Waals surface area (Å²) in [6.07, 6.45) is -0.509. The molecule has 1 aliphatic heterocycles. The molecule has 304 valence electrons. The summed E-state index contributed by atoms with van der Waals surface area (Å²) in [6.45, 7) is 1.54. The molecule has 0 bridgehead atoms. The number of hydrogen-bond donors (Lipinski definition) is 9. The van der Waals surface area contributed by atoms with E-state index in [0.29, 0.717) is 23.1 Å². The van der Waals surface area contributed by atoms with Crippen molar-refractivity contribution in [2.24, 2.45) is 5.73 Å². The van der Waals surface area contributed by atoms with E-state index in [1.54, 1.807) is 54.6 Å². The third kappa shape index (κ3) is 13.1. The second-order valence-corrected chi connectivity index (χ2v) is 13.9. The first-order valence-electron chi connectivity index (χ1n) is 18.4. The Kier molecular flexibility index (Phi) is 15.5. The first kappa shape index (κ1) is 43.2. The summed E-state index contributed by atoms with van der Waals surface area (Å²) < 4.78 is 0. The number of nitrogens with one attached hydrogen (secondary N) is 4. The van der Waals surface area contributed by atoms with Gasteiger partial charge in [-0.25, -0.2) is 4.79 Å². The van der Waals surface area contributed by atoms with Crippen molar-refractivity contribution in [2.75, 3.05) is 6.54 Å². The molecule has 57 heavy (non-hydrogen) atoms. The zero-order valence-corrected chi connectivity index (χ0v) is 31.3. The van der Waals surface area contributed by atoms with Crippen LogP contribution in [0.4, 0.5) is 0 Å². The maximum atomic E-state index is 14.3. The molecule has 0 spiro atoms. The van der Waals surface area contributed by atoms with Crippen molar-refractivity contribution in [1.82, 2.24) is 26.2 Å². The topological polar surface area (TPSA) is 278 Å². The Morgan fingerprint density at radius 1 is 0.667 bits per heavy atom. The average molecular weight is 789 g/mol. The molecule has 6 atom stereocenters. The van der Waals surface area contributed by atoms with E-state index in [2.05, 4.69) is 21.3 Å². The van der Waals surface area contributed by atoms with Crippen molar-refractivity contribution in [1.29, 1.82) is 0 Å². The van der Waals surface area contributed by atoms with E-state index in [0.717, 1.165) is 0 Å². The van der Waals surface area contributed by atoms with Crippen molar-refractivity contribution in [2.45, 2.75) is 88.1 Å². The van der Waals surface area contributed by atoms with Crippen molar-refractivity contribution < 1.29 is 54.0 Å². The van der Waals surface area contributed by atoms with Gasteiger partial charge in [0.05, 0.1) is 6.04 Å². The number of phenolic OH excluding ortho intramolecular Hbond substituents is 2. The van der Waals surface area contributed by atoms with Gasteiger partial charge in [0.1, 0.15) is 41.7 Å². The predicted molar refractivity (Wildman–Crippen MR) is 204 cm³/mol.